The molecule has 1 N–H and O–H groups in total. The van der Waals surface area contributed by atoms with E-state index in [9.17, 15) is 5.11 Å². The summed E-state index contributed by atoms with van der Waals surface area (Å²) in [5.41, 5.74) is 14.8. The van der Waals surface area contributed by atoms with Crippen LogP contribution in [0, 0.1) is 7.14 Å². The number of aromatic nitrogens is 2. The van der Waals surface area contributed by atoms with E-state index in [2.05, 4.69) is 201 Å². The minimum Gasteiger partial charge on any atom is -0.850 e. The van der Waals surface area contributed by atoms with Crippen LogP contribution in [0.2, 0.25) is 0 Å². The fourth-order valence-corrected chi connectivity index (χ4v) is 14.9. The molecule has 0 bridgehead atoms. The summed E-state index contributed by atoms with van der Waals surface area (Å²) in [5, 5.41) is 21.6. The molecule has 4 aromatic carbocycles. The number of benzene rings is 4. The second-order valence-electron chi connectivity index (χ2n) is 26.7. The molecule has 15 nitrogen and oxygen atoms in total. The van der Waals surface area contributed by atoms with Gasteiger partial charge in [-0.15, -0.1) is 5.60 Å². The number of hydrogen-bond acceptors (Lipinski definition) is 13. The van der Waals surface area contributed by atoms with Crippen LogP contribution >= 0.6 is 77.0 Å². The van der Waals surface area contributed by atoms with Gasteiger partial charge in [0.2, 0.25) is 0 Å². The van der Waals surface area contributed by atoms with Gasteiger partial charge < -0.3 is 71.5 Å². The third-order valence-electron chi connectivity index (χ3n) is 17.8. The van der Waals surface area contributed by atoms with Crippen LogP contribution in [-0.2, 0) is 76.0 Å². The summed E-state index contributed by atoms with van der Waals surface area (Å²) in [4.78, 5) is 0. The van der Waals surface area contributed by atoms with E-state index in [1.165, 1.54) is 163 Å². The molecular formula is C81H123Br2I2KN2O13. The second kappa shape index (κ2) is 53.4. The summed E-state index contributed by atoms with van der Waals surface area (Å²) < 4.78 is 68.8. The molecule has 0 saturated heterocycles. The normalized spacial score (nSPS) is 13.1. The molecule has 0 fully saturated rings. The molecular weight excluding hydrogens is 1660 g/mol. The molecule has 2 heterocycles. The average Bonchev–Trinajstić information content (AvgIpc) is 1.54. The van der Waals surface area contributed by atoms with Crippen LogP contribution in [-0.4, -0.2) is 172 Å². The van der Waals surface area contributed by atoms with Crippen molar-refractivity contribution in [1.29, 1.82) is 0 Å². The van der Waals surface area contributed by atoms with Gasteiger partial charge in [0.05, 0.1) is 157 Å². The monoisotopic (exact) mass is 1780 g/mol. The Hall–Kier alpha value is -0.504. The summed E-state index contributed by atoms with van der Waals surface area (Å²) >= 11 is 12.5. The van der Waals surface area contributed by atoms with Gasteiger partial charge in [-0.1, -0.05) is 183 Å². The number of aliphatic hydroxyl groups is 1. The third kappa shape index (κ3) is 30.7. The predicted molar refractivity (Wildman–Crippen MR) is 432 cm³/mol. The summed E-state index contributed by atoms with van der Waals surface area (Å²) in [6.45, 7) is 31.9. The number of aryl methyl sites for hydroxylation is 2. The van der Waals surface area contributed by atoms with E-state index in [0.29, 0.717) is 139 Å². The Morgan fingerprint density at radius 3 is 0.931 bits per heavy atom. The molecule has 0 spiro atoms. The molecule has 8 rings (SSSR count). The van der Waals surface area contributed by atoms with E-state index in [0.717, 1.165) is 13.1 Å². The van der Waals surface area contributed by atoms with Crippen molar-refractivity contribution in [2.24, 2.45) is 0 Å². The fraction of sp³-hybridized carbons (Fsp3) is 0.654. The number of ether oxygens (including phenoxy) is 11. The molecule has 20 heteroatoms. The van der Waals surface area contributed by atoms with Crippen molar-refractivity contribution in [3.8, 4) is 22.5 Å². The molecule has 0 unspecified atom stereocenters. The molecule has 0 aliphatic heterocycles. The maximum absolute atomic E-state index is 10.1. The first-order valence-corrected chi connectivity index (χ1v) is 41.1. The smallest absolute Gasteiger partial charge is 0.850 e. The zero-order valence-electron chi connectivity index (χ0n) is 63.5. The van der Waals surface area contributed by atoms with Crippen LogP contribution in [0.15, 0.2) is 81.7 Å². The van der Waals surface area contributed by atoms with Crippen molar-refractivity contribution in [1.82, 2.24) is 9.13 Å². The summed E-state index contributed by atoms with van der Waals surface area (Å²) in [6.07, 6.45) is 20.0. The standard InChI is InChI=1S/2C27H33BrIN.C23H48O12.C4H9O.K/c2*1-4-7-14-27(15-8-5-2)23-17-19(28)10-12-21(23)26-25(27)22-13-11-20(29)18-24(22)30(26)16-9-6-3;1-25-4-5-27-8-9-29-12-13-31-16-17-33-20-21-35-23-22-34-19-18-32-15-14-30-11-10-28-7-6-26-3-2-24;1-4(2,3)5;/h2*10-13,17-18H,4-9,14-16H2,1-3H3;24H,2-23H2,1H3;1-3H3;/q;;;-1;+1. The number of fused-ring (bicyclic) bond motifs is 10. The van der Waals surface area contributed by atoms with Crippen molar-refractivity contribution < 1.29 is 114 Å². The number of nitrogens with zero attached hydrogens (tertiary/aromatic N) is 2. The van der Waals surface area contributed by atoms with Crippen LogP contribution in [0.5, 0.6) is 0 Å². The Morgan fingerprint density at radius 1 is 0.406 bits per heavy atom. The van der Waals surface area contributed by atoms with Crippen LogP contribution < -0.4 is 56.5 Å². The second-order valence-corrected chi connectivity index (χ2v) is 31.0. The Labute approximate surface area is 694 Å². The number of rotatable bonds is 50. The Bertz CT molecular complexity index is 2970. The van der Waals surface area contributed by atoms with E-state index in [4.69, 9.17) is 57.2 Å². The number of unbranched alkanes of at least 4 members (excludes halogenated alkanes) is 6. The maximum Gasteiger partial charge on any atom is 1.00 e. The van der Waals surface area contributed by atoms with Crippen molar-refractivity contribution in [3.05, 3.63) is 111 Å². The van der Waals surface area contributed by atoms with Gasteiger partial charge in [-0.3, -0.25) is 0 Å². The molecule has 0 saturated carbocycles. The summed E-state index contributed by atoms with van der Waals surface area (Å²) in [5.74, 6) is 0. The number of halogens is 4. The SMILES string of the molecule is CC(C)(C)[O-].CCCCn1c2c(c3ccc(I)cc31)C(CCCC)(CCCC)c1cc(Br)ccc1-2.CCCCn1c2c(c3ccc(I)cc31)C(CCCC)(CCCC)c1cc(Br)ccc1-2.COCCOCCOCCOCCOCCOCCOCCOCCOCCOCCOCCO.[K+]. The first-order valence-electron chi connectivity index (χ1n) is 37.4. The van der Waals surface area contributed by atoms with Gasteiger partial charge in [0.25, 0.3) is 0 Å². The van der Waals surface area contributed by atoms with Crippen molar-refractivity contribution in [2.45, 2.75) is 195 Å². The van der Waals surface area contributed by atoms with E-state index >= 15 is 0 Å². The predicted octanol–water partition coefficient (Wildman–Crippen LogP) is 15.9. The Morgan fingerprint density at radius 2 is 0.673 bits per heavy atom. The quantitative estimate of drug-likeness (QED) is 0.0219. The van der Waals surface area contributed by atoms with Crippen LogP contribution in [0.4, 0.5) is 0 Å². The first kappa shape index (κ1) is 92.9. The van der Waals surface area contributed by atoms with E-state index in [1.807, 2.05) is 0 Å². The number of aliphatic hydroxyl groups excluding tert-OH is 1. The maximum atomic E-state index is 10.1. The van der Waals surface area contributed by atoms with Crippen molar-refractivity contribution in [3.63, 3.8) is 0 Å². The van der Waals surface area contributed by atoms with Crippen LogP contribution in [0.25, 0.3) is 44.3 Å². The Kier molecular flexibility index (Phi) is 49.1. The van der Waals surface area contributed by atoms with Gasteiger partial charge in [-0.25, -0.2) is 0 Å². The topological polar surface area (TPSA) is 155 Å². The fourth-order valence-electron chi connectivity index (χ4n) is 13.3. The molecule has 0 atom stereocenters. The van der Waals surface area contributed by atoms with Crippen LogP contribution in [0.3, 0.4) is 0 Å². The zero-order valence-corrected chi connectivity index (χ0v) is 74.1. The molecule has 2 aliphatic carbocycles. The van der Waals surface area contributed by atoms with Crippen LogP contribution in [0.1, 0.15) is 187 Å². The van der Waals surface area contributed by atoms with Crippen molar-refractivity contribution >= 4 is 98.8 Å². The van der Waals surface area contributed by atoms with E-state index in [-0.39, 0.29) is 68.8 Å². The molecule has 6 aromatic rings. The van der Waals surface area contributed by atoms with Gasteiger partial charge in [0.15, 0.2) is 0 Å². The number of methoxy groups -OCH3 is 1. The third-order valence-corrected chi connectivity index (χ3v) is 20.2. The first-order chi connectivity index (χ1) is 48.6. The van der Waals surface area contributed by atoms with Crippen molar-refractivity contribution in [2.75, 3.05) is 152 Å². The average molecular weight is 1790 g/mol. The van der Waals surface area contributed by atoms with E-state index in [1.54, 1.807) is 50.1 Å². The molecule has 2 aromatic heterocycles. The summed E-state index contributed by atoms with van der Waals surface area (Å²) in [7, 11) is 1.64. The minimum atomic E-state index is -0.750. The molecule has 0 radical (unpaired) electrons. The van der Waals surface area contributed by atoms with Gasteiger partial charge >= 0.3 is 51.4 Å². The minimum absolute atomic E-state index is 0. The molecule has 0 amide bonds. The largest absolute Gasteiger partial charge is 1.00 e. The number of hydrogen-bond donors (Lipinski definition) is 1. The molecule has 101 heavy (non-hydrogen) atoms. The Balaban J connectivity index is 0.000000309. The zero-order chi connectivity index (χ0) is 72.4. The van der Waals surface area contributed by atoms with Gasteiger partial charge in [0.1, 0.15) is 0 Å². The van der Waals surface area contributed by atoms with Gasteiger partial charge in [-0.2, -0.15) is 0 Å². The van der Waals surface area contributed by atoms with Gasteiger partial charge in [-0.05, 0) is 154 Å². The molecule has 2 aliphatic rings. The van der Waals surface area contributed by atoms with Gasteiger partial charge in [0, 0.05) is 80.0 Å². The van der Waals surface area contributed by atoms with E-state index < -0.39 is 5.60 Å². The molecule has 564 valence electrons. The summed E-state index contributed by atoms with van der Waals surface area (Å²) in [6, 6.07) is 28.3.